The smallest absolute Gasteiger partial charge is 0.407 e. The SMILES string of the molecule is O=C(NC1C2CCC1CC(O)C2)O[C@@H]1CCN(c2cn[nH]c(=O)c2Cl)C1. The van der Waals surface area contributed by atoms with Crippen molar-refractivity contribution in [3.8, 4) is 0 Å². The molecule has 0 radical (unpaired) electrons. The van der Waals surface area contributed by atoms with Gasteiger partial charge in [-0.1, -0.05) is 11.6 Å². The van der Waals surface area contributed by atoms with E-state index in [-0.39, 0.29) is 23.3 Å². The molecule has 26 heavy (non-hydrogen) atoms. The molecular weight excluding hydrogens is 360 g/mol. The van der Waals surface area contributed by atoms with Crippen LogP contribution in [0.2, 0.25) is 5.02 Å². The number of carbonyl (C=O) groups is 1. The Kier molecular flexibility index (Phi) is 4.79. The number of aliphatic hydroxyl groups is 1. The van der Waals surface area contributed by atoms with Crippen molar-refractivity contribution in [1.82, 2.24) is 15.5 Å². The molecule has 9 heteroatoms. The molecule has 0 spiro atoms. The molecule has 1 aromatic rings. The van der Waals surface area contributed by atoms with E-state index in [9.17, 15) is 14.7 Å². The zero-order valence-corrected chi connectivity index (χ0v) is 15.1. The van der Waals surface area contributed by atoms with Gasteiger partial charge < -0.3 is 20.1 Å². The minimum absolute atomic E-state index is 0.0995. The summed E-state index contributed by atoms with van der Waals surface area (Å²) >= 11 is 6.04. The molecule has 3 atom stereocenters. The average Bonchev–Trinajstić information content (AvgIpc) is 3.13. The summed E-state index contributed by atoms with van der Waals surface area (Å²) in [7, 11) is 0. The number of halogens is 1. The first-order chi connectivity index (χ1) is 12.5. The van der Waals surface area contributed by atoms with Gasteiger partial charge in [0.2, 0.25) is 0 Å². The molecule has 2 saturated carbocycles. The first-order valence-electron chi connectivity index (χ1n) is 9.14. The number of fused-ring (bicyclic) bond motifs is 2. The highest BCUT2D eigenvalue weighted by Crippen LogP contribution is 2.42. The van der Waals surface area contributed by atoms with E-state index in [1.165, 1.54) is 6.20 Å². The van der Waals surface area contributed by atoms with Crippen LogP contribution in [0.15, 0.2) is 11.0 Å². The number of hydrogen-bond donors (Lipinski definition) is 3. The van der Waals surface area contributed by atoms with E-state index in [2.05, 4.69) is 15.5 Å². The number of aliphatic hydroxyl groups excluding tert-OH is 1. The lowest BCUT2D eigenvalue weighted by Gasteiger charge is -2.33. The van der Waals surface area contributed by atoms with E-state index < -0.39 is 11.7 Å². The van der Waals surface area contributed by atoms with Crippen LogP contribution in [-0.2, 0) is 4.74 Å². The summed E-state index contributed by atoms with van der Waals surface area (Å²) in [6.45, 7) is 1.12. The third kappa shape index (κ3) is 3.40. The summed E-state index contributed by atoms with van der Waals surface area (Å²) < 4.78 is 5.58. The number of carbonyl (C=O) groups excluding carboxylic acids is 1. The third-order valence-corrected chi connectivity index (χ3v) is 6.26. The van der Waals surface area contributed by atoms with Crippen LogP contribution in [0.3, 0.4) is 0 Å². The first-order valence-corrected chi connectivity index (χ1v) is 9.52. The van der Waals surface area contributed by atoms with Crippen molar-refractivity contribution in [1.29, 1.82) is 0 Å². The molecule has 3 N–H and O–H groups in total. The van der Waals surface area contributed by atoms with Gasteiger partial charge in [0.15, 0.2) is 0 Å². The lowest BCUT2D eigenvalue weighted by molar-refractivity contribution is 0.0627. The van der Waals surface area contributed by atoms with Gasteiger partial charge in [-0.2, -0.15) is 5.10 Å². The summed E-state index contributed by atoms with van der Waals surface area (Å²) in [6, 6.07) is 0.106. The van der Waals surface area contributed by atoms with E-state index >= 15 is 0 Å². The molecule has 2 bridgehead atoms. The largest absolute Gasteiger partial charge is 0.444 e. The maximum Gasteiger partial charge on any atom is 0.407 e. The van der Waals surface area contributed by atoms with Gasteiger partial charge in [0.1, 0.15) is 11.1 Å². The number of hydrogen-bond acceptors (Lipinski definition) is 6. The fourth-order valence-corrected chi connectivity index (χ4v) is 4.90. The number of H-pyrrole nitrogens is 1. The maximum absolute atomic E-state index is 12.3. The second kappa shape index (κ2) is 7.08. The highest BCUT2D eigenvalue weighted by atomic mass is 35.5. The Hall–Kier alpha value is -1.80. The Morgan fingerprint density at radius 2 is 2.08 bits per heavy atom. The Bertz CT molecular complexity index is 728. The highest BCUT2D eigenvalue weighted by molar-refractivity contribution is 6.33. The van der Waals surface area contributed by atoms with E-state index in [1.807, 2.05) is 4.90 Å². The van der Waals surface area contributed by atoms with Crippen LogP contribution in [0.4, 0.5) is 10.5 Å². The van der Waals surface area contributed by atoms with Gasteiger partial charge in [-0.25, -0.2) is 9.89 Å². The predicted octanol–water partition coefficient (Wildman–Crippen LogP) is 1.28. The first kappa shape index (κ1) is 17.6. The minimum atomic E-state index is -0.429. The average molecular weight is 383 g/mol. The molecule has 4 rings (SSSR count). The monoisotopic (exact) mass is 382 g/mol. The molecular formula is C17H23ClN4O4. The third-order valence-electron chi connectivity index (χ3n) is 5.89. The molecule has 1 saturated heterocycles. The summed E-state index contributed by atoms with van der Waals surface area (Å²) in [5.74, 6) is 0.689. The molecule has 1 aliphatic heterocycles. The molecule has 1 amide bonds. The molecule has 1 aromatic heterocycles. The topological polar surface area (TPSA) is 108 Å². The van der Waals surface area contributed by atoms with E-state index in [4.69, 9.17) is 16.3 Å². The van der Waals surface area contributed by atoms with Crippen molar-refractivity contribution in [2.24, 2.45) is 11.8 Å². The molecule has 0 aromatic carbocycles. The number of amides is 1. The predicted molar refractivity (Wildman–Crippen MR) is 95.3 cm³/mol. The lowest BCUT2D eigenvalue weighted by Crippen LogP contribution is -2.47. The molecule has 3 fully saturated rings. The zero-order valence-electron chi connectivity index (χ0n) is 14.4. The van der Waals surface area contributed by atoms with Crippen LogP contribution in [0.5, 0.6) is 0 Å². The van der Waals surface area contributed by atoms with Crippen molar-refractivity contribution >= 4 is 23.4 Å². The van der Waals surface area contributed by atoms with Gasteiger partial charge >= 0.3 is 6.09 Å². The second-order valence-electron chi connectivity index (χ2n) is 7.55. The van der Waals surface area contributed by atoms with E-state index in [0.29, 0.717) is 37.0 Å². The second-order valence-corrected chi connectivity index (χ2v) is 7.93. The highest BCUT2D eigenvalue weighted by Gasteiger charge is 2.43. The van der Waals surface area contributed by atoms with Crippen molar-refractivity contribution in [3.05, 3.63) is 21.6 Å². The van der Waals surface area contributed by atoms with Crippen LogP contribution < -0.4 is 15.8 Å². The van der Waals surface area contributed by atoms with E-state index in [0.717, 1.165) is 25.7 Å². The fourth-order valence-electron chi connectivity index (χ4n) is 4.69. The summed E-state index contributed by atoms with van der Waals surface area (Å²) in [5, 5.41) is 19.1. The van der Waals surface area contributed by atoms with Crippen LogP contribution in [-0.4, -0.2) is 52.7 Å². The van der Waals surface area contributed by atoms with Crippen LogP contribution >= 0.6 is 11.6 Å². The molecule has 142 valence electrons. The maximum atomic E-state index is 12.3. The quantitative estimate of drug-likeness (QED) is 0.726. The van der Waals surface area contributed by atoms with Gasteiger partial charge in [0.25, 0.3) is 5.56 Å². The minimum Gasteiger partial charge on any atom is -0.444 e. The molecule has 2 aliphatic carbocycles. The number of aromatic nitrogens is 2. The van der Waals surface area contributed by atoms with Gasteiger partial charge in [0, 0.05) is 19.0 Å². The van der Waals surface area contributed by atoms with Crippen molar-refractivity contribution in [2.45, 2.75) is 50.4 Å². The van der Waals surface area contributed by atoms with E-state index in [1.54, 1.807) is 0 Å². The Morgan fingerprint density at radius 1 is 1.35 bits per heavy atom. The lowest BCUT2D eigenvalue weighted by atomic mass is 9.82. The summed E-state index contributed by atoms with van der Waals surface area (Å²) in [6.07, 6.45) is 4.92. The number of alkyl carbamates (subject to hydrolysis) is 1. The Morgan fingerprint density at radius 3 is 2.81 bits per heavy atom. The number of ether oxygens (including phenoxy) is 1. The molecule has 8 nitrogen and oxygen atoms in total. The number of nitrogens with one attached hydrogen (secondary N) is 2. The Labute approximate surface area is 155 Å². The van der Waals surface area contributed by atoms with Crippen LogP contribution in [0.1, 0.15) is 32.1 Å². The number of anilines is 1. The van der Waals surface area contributed by atoms with Gasteiger partial charge in [-0.3, -0.25) is 4.79 Å². The van der Waals surface area contributed by atoms with Crippen molar-refractivity contribution in [2.75, 3.05) is 18.0 Å². The zero-order chi connectivity index (χ0) is 18.3. The fraction of sp³-hybridized carbons (Fsp3) is 0.706. The standard InChI is InChI=1S/C17H23ClN4O4/c18-14-13(7-19-21-16(14)24)22-4-3-12(8-22)26-17(25)20-15-9-1-2-10(15)6-11(23)5-9/h7,9-12,15,23H,1-6,8H2,(H,20,25)(H,21,24)/t9?,10?,11?,12-,15?/m1/s1. The summed E-state index contributed by atoms with van der Waals surface area (Å²) in [4.78, 5) is 25.8. The number of rotatable bonds is 3. The van der Waals surface area contributed by atoms with Crippen molar-refractivity contribution in [3.63, 3.8) is 0 Å². The van der Waals surface area contributed by atoms with Gasteiger partial charge in [-0.15, -0.1) is 0 Å². The Balaban J connectivity index is 1.32. The van der Waals surface area contributed by atoms with Crippen LogP contribution in [0, 0.1) is 11.8 Å². The molecule has 3 aliphatic rings. The van der Waals surface area contributed by atoms with Gasteiger partial charge in [0.05, 0.1) is 24.5 Å². The van der Waals surface area contributed by atoms with Crippen molar-refractivity contribution < 1.29 is 14.6 Å². The number of nitrogens with zero attached hydrogens (tertiary/aromatic N) is 2. The normalized spacial score (nSPS) is 33.3. The van der Waals surface area contributed by atoms with Crippen LogP contribution in [0.25, 0.3) is 0 Å². The van der Waals surface area contributed by atoms with Gasteiger partial charge in [-0.05, 0) is 37.5 Å². The molecule has 2 heterocycles. The number of aromatic amines is 1. The summed E-state index contributed by atoms with van der Waals surface area (Å²) in [5.41, 5.74) is 0.127. The molecule has 2 unspecified atom stereocenters.